The van der Waals surface area contributed by atoms with Gasteiger partial charge in [0.25, 0.3) is 5.91 Å². The second-order valence-electron chi connectivity index (χ2n) is 9.34. The average Bonchev–Trinajstić information content (AvgIpc) is 2.91. The number of carbonyl (C=O) groups is 4. The highest BCUT2D eigenvalue weighted by molar-refractivity contribution is 5.99. The molecule has 2 amide bonds. The molecular weight excluding hydrogens is 498 g/mol. The number of aliphatic carboxylic acids is 1. The van der Waals surface area contributed by atoms with Crippen LogP contribution < -0.4 is 11.1 Å². The van der Waals surface area contributed by atoms with Gasteiger partial charge in [-0.3, -0.25) is 19.4 Å². The zero-order valence-electron chi connectivity index (χ0n) is 21.2. The lowest BCUT2D eigenvalue weighted by Gasteiger charge is -2.22. The second kappa shape index (κ2) is 12.6. The van der Waals surface area contributed by atoms with Gasteiger partial charge in [0.1, 0.15) is 12.1 Å². The van der Waals surface area contributed by atoms with Crippen LogP contribution >= 0.6 is 0 Å². The lowest BCUT2D eigenvalue weighted by atomic mass is 10.0. The number of ether oxygens (including phenoxy) is 1. The van der Waals surface area contributed by atoms with Crippen LogP contribution in [0.15, 0.2) is 79.0 Å². The summed E-state index contributed by atoms with van der Waals surface area (Å²) in [5, 5.41) is 14.5. The number of nitrogens with one attached hydrogen (secondary N) is 1. The number of carbonyl (C=O) groups excluding carboxylic acids is 3. The van der Waals surface area contributed by atoms with E-state index in [-0.39, 0.29) is 37.7 Å². The predicted octanol–water partition coefficient (Wildman–Crippen LogP) is 3.77. The third-order valence-corrected chi connectivity index (χ3v) is 6.31. The van der Waals surface area contributed by atoms with Crippen molar-refractivity contribution in [2.45, 2.75) is 44.2 Å². The van der Waals surface area contributed by atoms with Crippen LogP contribution in [0.2, 0.25) is 0 Å². The molecular formula is C30H29N3O6. The molecule has 200 valence electrons. The number of amides is 2. The Balaban J connectivity index is 1.50. The first kappa shape index (κ1) is 27.3. The quantitative estimate of drug-likeness (QED) is 0.237. The zero-order chi connectivity index (χ0) is 27.8. The molecule has 4 rings (SSSR count). The lowest BCUT2D eigenvalue weighted by Crippen LogP contribution is -2.43. The van der Waals surface area contributed by atoms with E-state index in [1.54, 1.807) is 6.07 Å². The first-order valence-electron chi connectivity index (χ1n) is 12.6. The van der Waals surface area contributed by atoms with Crippen molar-refractivity contribution in [1.29, 1.82) is 0 Å². The third-order valence-electron chi connectivity index (χ3n) is 6.31. The Kier molecular flexibility index (Phi) is 8.83. The Morgan fingerprint density at radius 1 is 0.923 bits per heavy atom. The summed E-state index contributed by atoms with van der Waals surface area (Å²) in [4.78, 5) is 53.4. The zero-order valence-corrected chi connectivity index (χ0v) is 21.2. The highest BCUT2D eigenvalue weighted by atomic mass is 16.5. The maximum Gasteiger partial charge on any atom is 0.328 e. The van der Waals surface area contributed by atoms with E-state index in [0.29, 0.717) is 0 Å². The maximum atomic E-state index is 13.2. The van der Waals surface area contributed by atoms with Crippen molar-refractivity contribution < 1.29 is 29.0 Å². The van der Waals surface area contributed by atoms with Crippen LogP contribution in [-0.2, 0) is 25.5 Å². The molecule has 0 radical (unpaired) electrons. The Hall–Kier alpha value is -4.79. The Morgan fingerprint density at radius 2 is 1.64 bits per heavy atom. The fourth-order valence-corrected chi connectivity index (χ4v) is 4.40. The van der Waals surface area contributed by atoms with Crippen LogP contribution in [-0.4, -0.2) is 46.0 Å². The van der Waals surface area contributed by atoms with Crippen molar-refractivity contribution in [2.75, 3.05) is 0 Å². The van der Waals surface area contributed by atoms with Crippen molar-refractivity contribution in [3.8, 4) is 0 Å². The normalized spacial score (nSPS) is 12.5. The summed E-state index contributed by atoms with van der Waals surface area (Å²) in [5.74, 6) is -2.97. The molecule has 9 heteroatoms. The number of primary amides is 1. The maximum absolute atomic E-state index is 13.2. The van der Waals surface area contributed by atoms with Crippen molar-refractivity contribution in [3.63, 3.8) is 0 Å². The first-order valence-corrected chi connectivity index (χ1v) is 12.6. The van der Waals surface area contributed by atoms with Crippen LogP contribution in [0.4, 0.5) is 0 Å². The number of carboxylic acids is 1. The van der Waals surface area contributed by atoms with Crippen molar-refractivity contribution in [2.24, 2.45) is 5.73 Å². The third kappa shape index (κ3) is 7.61. The van der Waals surface area contributed by atoms with Crippen molar-refractivity contribution >= 4 is 45.4 Å². The van der Waals surface area contributed by atoms with E-state index in [0.717, 1.165) is 27.2 Å². The van der Waals surface area contributed by atoms with Gasteiger partial charge in [0, 0.05) is 24.4 Å². The van der Waals surface area contributed by atoms with Crippen molar-refractivity contribution in [1.82, 2.24) is 10.3 Å². The molecule has 0 saturated carbocycles. The van der Waals surface area contributed by atoms with E-state index in [1.165, 1.54) is 6.20 Å². The van der Waals surface area contributed by atoms with E-state index < -0.39 is 35.9 Å². The molecule has 0 unspecified atom stereocenters. The monoisotopic (exact) mass is 527 g/mol. The molecule has 0 saturated heterocycles. The average molecular weight is 528 g/mol. The summed E-state index contributed by atoms with van der Waals surface area (Å²) >= 11 is 0. The lowest BCUT2D eigenvalue weighted by molar-refractivity contribution is -0.153. The van der Waals surface area contributed by atoms with Gasteiger partial charge in [-0.25, -0.2) is 4.79 Å². The fraction of sp³-hybridized carbons (Fsp3) is 0.233. The van der Waals surface area contributed by atoms with Crippen LogP contribution in [0.5, 0.6) is 0 Å². The molecule has 1 heterocycles. The number of aromatic nitrogens is 1. The number of benzene rings is 3. The Morgan fingerprint density at radius 3 is 2.38 bits per heavy atom. The topological polar surface area (TPSA) is 149 Å². The molecule has 2 atom stereocenters. The number of pyridine rings is 1. The SMILES string of the molecule is NC(=O)C[C@H](Cc1ccc2ccccc2c1)OC(=O)[C@H](CCCC(=O)O)NC(=O)c1cnc2ccccc2c1. The number of fused-ring (bicyclic) bond motifs is 2. The highest BCUT2D eigenvalue weighted by Gasteiger charge is 2.27. The minimum absolute atomic E-state index is 0.0388. The number of hydrogen-bond acceptors (Lipinski definition) is 6. The molecule has 0 fully saturated rings. The second-order valence-corrected chi connectivity index (χ2v) is 9.34. The van der Waals surface area contributed by atoms with E-state index in [1.807, 2.05) is 66.7 Å². The summed E-state index contributed by atoms with van der Waals surface area (Å²) < 4.78 is 5.69. The van der Waals surface area contributed by atoms with Gasteiger partial charge in [-0.15, -0.1) is 0 Å². The minimum atomic E-state index is -1.13. The number of carboxylic acid groups (broad SMARTS) is 1. The molecule has 1 aromatic heterocycles. The molecule has 0 aliphatic heterocycles. The summed E-state index contributed by atoms with van der Waals surface area (Å²) in [7, 11) is 0. The number of nitrogens with zero attached hydrogens (tertiary/aromatic N) is 1. The van der Waals surface area contributed by atoms with Gasteiger partial charge in [0.15, 0.2) is 0 Å². The number of esters is 1. The van der Waals surface area contributed by atoms with Gasteiger partial charge < -0.3 is 20.9 Å². The molecule has 0 aliphatic rings. The predicted molar refractivity (Wildman–Crippen MR) is 146 cm³/mol. The number of nitrogens with two attached hydrogens (primary N) is 1. The minimum Gasteiger partial charge on any atom is -0.481 e. The Labute approximate surface area is 225 Å². The summed E-state index contributed by atoms with van der Waals surface area (Å²) in [6.45, 7) is 0. The first-order chi connectivity index (χ1) is 18.8. The summed E-state index contributed by atoms with van der Waals surface area (Å²) in [6.07, 6.45) is 0.573. The summed E-state index contributed by atoms with van der Waals surface area (Å²) in [5.41, 5.74) is 7.24. The van der Waals surface area contributed by atoms with Gasteiger partial charge in [0.2, 0.25) is 5.91 Å². The van der Waals surface area contributed by atoms with Crippen LogP contribution in [0.1, 0.15) is 41.6 Å². The highest BCUT2D eigenvalue weighted by Crippen LogP contribution is 2.19. The van der Waals surface area contributed by atoms with E-state index in [9.17, 15) is 19.2 Å². The fourth-order valence-electron chi connectivity index (χ4n) is 4.40. The molecule has 39 heavy (non-hydrogen) atoms. The number of rotatable bonds is 12. The van der Waals surface area contributed by atoms with E-state index in [2.05, 4.69) is 10.3 Å². The summed E-state index contributed by atoms with van der Waals surface area (Å²) in [6, 6.07) is 21.4. The van der Waals surface area contributed by atoms with Crippen LogP contribution in [0.3, 0.4) is 0 Å². The van der Waals surface area contributed by atoms with Gasteiger partial charge in [-0.1, -0.05) is 60.7 Å². The molecule has 0 bridgehead atoms. The largest absolute Gasteiger partial charge is 0.481 e. The van der Waals surface area contributed by atoms with E-state index in [4.69, 9.17) is 15.6 Å². The van der Waals surface area contributed by atoms with Crippen LogP contribution in [0, 0.1) is 0 Å². The number of para-hydroxylation sites is 1. The molecule has 4 aromatic rings. The molecule has 4 N–H and O–H groups in total. The molecule has 0 aliphatic carbocycles. The number of hydrogen-bond donors (Lipinski definition) is 3. The van der Waals surface area contributed by atoms with E-state index >= 15 is 0 Å². The van der Waals surface area contributed by atoms with Gasteiger partial charge in [0.05, 0.1) is 17.5 Å². The smallest absolute Gasteiger partial charge is 0.328 e. The standard InChI is InChI=1S/C30H29N3O6/c31-27(34)17-24(15-19-12-13-20-6-1-2-7-21(20)14-19)39-30(38)26(10-5-11-28(35)36)33-29(37)23-16-22-8-3-4-9-25(22)32-18-23/h1-4,6-9,12-14,16,18,24,26H,5,10-11,15,17H2,(H2,31,34)(H,33,37)(H,35,36)/t24-,26-/m0/s1. The van der Waals surface area contributed by atoms with Gasteiger partial charge in [-0.2, -0.15) is 0 Å². The Bertz CT molecular complexity index is 1520. The molecule has 3 aromatic carbocycles. The van der Waals surface area contributed by atoms with Gasteiger partial charge >= 0.3 is 11.9 Å². The van der Waals surface area contributed by atoms with Crippen LogP contribution in [0.25, 0.3) is 21.7 Å². The van der Waals surface area contributed by atoms with Crippen molar-refractivity contribution in [3.05, 3.63) is 90.1 Å². The molecule has 9 nitrogen and oxygen atoms in total. The molecule has 0 spiro atoms. The van der Waals surface area contributed by atoms with Gasteiger partial charge in [-0.05, 0) is 41.3 Å².